The monoisotopic (exact) mass is 319 g/mol. The topological polar surface area (TPSA) is 20.3 Å². The number of carbonyl (C=O) groups is 1. The Bertz CT molecular complexity index is 428. The van der Waals surface area contributed by atoms with E-state index in [4.69, 9.17) is 0 Å². The highest BCUT2D eigenvalue weighted by atomic mass is 79.9. The van der Waals surface area contributed by atoms with Gasteiger partial charge >= 0.3 is 0 Å². The van der Waals surface area contributed by atoms with Crippen LogP contribution in [0.1, 0.15) is 19.4 Å². The number of nitrogens with zero attached hydrogens (tertiary/aromatic N) is 1. The van der Waals surface area contributed by atoms with E-state index in [1.165, 1.54) is 11.0 Å². The standard InChI is InChI=1S/C13H16BrF2NO/c1-13(2,8-14)17(3)12(18)7-9-10(15)5-4-6-11(9)16/h4-6H,7-8H2,1-3H3. The molecule has 1 aromatic carbocycles. The lowest BCUT2D eigenvalue weighted by atomic mass is 10.0. The predicted molar refractivity (Wildman–Crippen MR) is 70.7 cm³/mol. The minimum Gasteiger partial charge on any atom is -0.340 e. The van der Waals surface area contributed by atoms with Crippen LogP contribution in [0.4, 0.5) is 8.78 Å². The molecule has 0 saturated carbocycles. The predicted octanol–water partition coefficient (Wildman–Crippen LogP) is 3.14. The number of carbonyl (C=O) groups excluding carboxylic acids is 1. The summed E-state index contributed by atoms with van der Waals surface area (Å²) in [4.78, 5) is 13.5. The van der Waals surface area contributed by atoms with Crippen molar-refractivity contribution in [3.63, 3.8) is 0 Å². The van der Waals surface area contributed by atoms with Crippen molar-refractivity contribution in [3.8, 4) is 0 Å². The molecule has 0 aromatic heterocycles. The van der Waals surface area contributed by atoms with Crippen LogP contribution < -0.4 is 0 Å². The average molecular weight is 320 g/mol. The fraction of sp³-hybridized carbons (Fsp3) is 0.462. The molecular formula is C13H16BrF2NO. The van der Waals surface area contributed by atoms with E-state index in [-0.39, 0.29) is 17.9 Å². The Morgan fingerprint density at radius 1 is 1.33 bits per heavy atom. The van der Waals surface area contributed by atoms with Gasteiger partial charge in [-0.05, 0) is 26.0 Å². The van der Waals surface area contributed by atoms with Crippen molar-refractivity contribution >= 4 is 21.8 Å². The van der Waals surface area contributed by atoms with E-state index in [2.05, 4.69) is 15.9 Å². The van der Waals surface area contributed by atoms with Crippen LogP contribution in [-0.2, 0) is 11.2 Å². The number of halogens is 3. The molecule has 1 amide bonds. The summed E-state index contributed by atoms with van der Waals surface area (Å²) >= 11 is 3.31. The van der Waals surface area contributed by atoms with E-state index in [1.807, 2.05) is 13.8 Å². The molecule has 0 spiro atoms. The minimum absolute atomic E-state index is 0.181. The lowest BCUT2D eigenvalue weighted by Gasteiger charge is -2.34. The molecule has 0 heterocycles. The number of rotatable bonds is 4. The summed E-state index contributed by atoms with van der Waals surface area (Å²) in [5.74, 6) is -1.69. The van der Waals surface area contributed by atoms with Gasteiger partial charge in [-0.25, -0.2) is 8.78 Å². The number of alkyl halides is 1. The number of hydrogen-bond acceptors (Lipinski definition) is 1. The third-order valence-electron chi connectivity index (χ3n) is 3.00. The van der Waals surface area contributed by atoms with Crippen LogP contribution in [0.5, 0.6) is 0 Å². The number of amides is 1. The zero-order valence-electron chi connectivity index (χ0n) is 10.6. The molecule has 0 saturated heterocycles. The van der Waals surface area contributed by atoms with Crippen LogP contribution in [-0.4, -0.2) is 28.7 Å². The van der Waals surface area contributed by atoms with Crippen LogP contribution in [0.2, 0.25) is 0 Å². The molecule has 2 nitrogen and oxygen atoms in total. The van der Waals surface area contributed by atoms with Gasteiger partial charge in [-0.2, -0.15) is 0 Å². The molecule has 0 aliphatic carbocycles. The second-order valence-corrected chi connectivity index (χ2v) is 5.34. The molecule has 0 N–H and O–H groups in total. The second-order valence-electron chi connectivity index (χ2n) is 4.78. The Hall–Kier alpha value is -0.970. The molecule has 0 unspecified atom stereocenters. The van der Waals surface area contributed by atoms with E-state index >= 15 is 0 Å². The zero-order valence-corrected chi connectivity index (χ0v) is 12.2. The van der Waals surface area contributed by atoms with Gasteiger partial charge in [0.25, 0.3) is 0 Å². The summed E-state index contributed by atoms with van der Waals surface area (Å²) in [7, 11) is 1.63. The first-order valence-corrected chi connectivity index (χ1v) is 6.67. The molecule has 1 aromatic rings. The van der Waals surface area contributed by atoms with Gasteiger partial charge in [-0.1, -0.05) is 22.0 Å². The van der Waals surface area contributed by atoms with E-state index in [0.29, 0.717) is 5.33 Å². The summed E-state index contributed by atoms with van der Waals surface area (Å²) in [5.41, 5.74) is -0.585. The summed E-state index contributed by atoms with van der Waals surface area (Å²) in [6.07, 6.45) is -0.272. The molecule has 5 heteroatoms. The van der Waals surface area contributed by atoms with Gasteiger partial charge in [0.1, 0.15) is 11.6 Å². The molecule has 100 valence electrons. The van der Waals surface area contributed by atoms with Crippen LogP contribution in [0.15, 0.2) is 18.2 Å². The lowest BCUT2D eigenvalue weighted by molar-refractivity contribution is -0.133. The summed E-state index contributed by atoms with van der Waals surface area (Å²) in [6.45, 7) is 3.74. The van der Waals surface area contributed by atoms with Gasteiger partial charge in [0.05, 0.1) is 6.42 Å². The molecule has 0 radical (unpaired) electrons. The fourth-order valence-corrected chi connectivity index (χ4v) is 1.77. The van der Waals surface area contributed by atoms with Crippen molar-refractivity contribution in [1.29, 1.82) is 0 Å². The quantitative estimate of drug-likeness (QED) is 0.781. The molecule has 0 atom stereocenters. The summed E-state index contributed by atoms with van der Waals surface area (Å²) in [6, 6.07) is 3.59. The first-order valence-electron chi connectivity index (χ1n) is 5.55. The molecule has 0 aliphatic heterocycles. The van der Waals surface area contributed by atoms with Gasteiger partial charge in [-0.3, -0.25) is 4.79 Å². The lowest BCUT2D eigenvalue weighted by Crippen LogP contribution is -2.47. The van der Waals surface area contributed by atoms with E-state index in [1.54, 1.807) is 7.05 Å². The van der Waals surface area contributed by atoms with Gasteiger partial charge in [0.15, 0.2) is 0 Å². The maximum absolute atomic E-state index is 13.4. The van der Waals surface area contributed by atoms with Gasteiger partial charge in [0, 0.05) is 23.5 Å². The highest BCUT2D eigenvalue weighted by molar-refractivity contribution is 9.09. The minimum atomic E-state index is -0.687. The third kappa shape index (κ3) is 3.28. The molecule has 18 heavy (non-hydrogen) atoms. The maximum Gasteiger partial charge on any atom is 0.227 e. The first-order chi connectivity index (χ1) is 8.29. The Balaban J connectivity index is 2.89. The van der Waals surface area contributed by atoms with Crippen LogP contribution in [0.25, 0.3) is 0 Å². The maximum atomic E-state index is 13.4. The summed E-state index contributed by atoms with van der Waals surface area (Å²) < 4.78 is 26.9. The van der Waals surface area contributed by atoms with Crippen LogP contribution in [0.3, 0.4) is 0 Å². The highest BCUT2D eigenvalue weighted by Crippen LogP contribution is 2.19. The van der Waals surface area contributed by atoms with Crippen molar-refractivity contribution in [2.45, 2.75) is 25.8 Å². The van der Waals surface area contributed by atoms with Crippen LogP contribution in [0, 0.1) is 11.6 Å². The van der Waals surface area contributed by atoms with Crippen molar-refractivity contribution in [1.82, 2.24) is 4.90 Å². The largest absolute Gasteiger partial charge is 0.340 e. The zero-order chi connectivity index (χ0) is 13.9. The molecule has 0 aliphatic rings. The Labute approximate surface area is 114 Å². The van der Waals surface area contributed by atoms with Crippen molar-refractivity contribution in [2.75, 3.05) is 12.4 Å². The molecular weight excluding hydrogens is 304 g/mol. The van der Waals surface area contributed by atoms with E-state index < -0.39 is 17.2 Å². The van der Waals surface area contributed by atoms with Gasteiger partial charge < -0.3 is 4.90 Å². The Morgan fingerprint density at radius 3 is 2.28 bits per heavy atom. The number of benzene rings is 1. The summed E-state index contributed by atoms with van der Waals surface area (Å²) in [5, 5.41) is 0.585. The van der Waals surface area contributed by atoms with Gasteiger partial charge in [0.2, 0.25) is 5.91 Å². The number of likely N-dealkylation sites (N-methyl/N-ethyl adjacent to an activating group) is 1. The number of hydrogen-bond donors (Lipinski definition) is 0. The Kier molecular flexibility index (Phi) is 4.85. The van der Waals surface area contributed by atoms with Crippen LogP contribution >= 0.6 is 15.9 Å². The van der Waals surface area contributed by atoms with E-state index in [9.17, 15) is 13.6 Å². The third-order valence-corrected chi connectivity index (χ3v) is 4.37. The normalized spacial score (nSPS) is 11.4. The SMILES string of the molecule is CN(C(=O)Cc1c(F)cccc1F)C(C)(C)CBr. The van der Waals surface area contributed by atoms with E-state index in [0.717, 1.165) is 12.1 Å². The molecule has 0 fully saturated rings. The van der Waals surface area contributed by atoms with Crippen molar-refractivity contribution < 1.29 is 13.6 Å². The molecule has 1 rings (SSSR count). The van der Waals surface area contributed by atoms with Gasteiger partial charge in [-0.15, -0.1) is 0 Å². The van der Waals surface area contributed by atoms with Crippen molar-refractivity contribution in [2.24, 2.45) is 0 Å². The first kappa shape index (κ1) is 15.1. The average Bonchev–Trinajstić information content (AvgIpc) is 2.32. The smallest absolute Gasteiger partial charge is 0.227 e. The Morgan fingerprint density at radius 2 is 1.83 bits per heavy atom. The molecule has 0 bridgehead atoms. The highest BCUT2D eigenvalue weighted by Gasteiger charge is 2.27. The second kappa shape index (κ2) is 5.78. The van der Waals surface area contributed by atoms with Crippen molar-refractivity contribution in [3.05, 3.63) is 35.4 Å². The fourth-order valence-electron chi connectivity index (χ4n) is 1.40.